The summed E-state index contributed by atoms with van der Waals surface area (Å²) in [5.74, 6) is -0.616. The summed E-state index contributed by atoms with van der Waals surface area (Å²) >= 11 is 0. The third-order valence-electron chi connectivity index (χ3n) is 2.63. The number of carbonyl (C=O) groups excluding carboxylic acids is 1. The van der Waals surface area contributed by atoms with Crippen LogP contribution in [-0.4, -0.2) is 34.8 Å². The van der Waals surface area contributed by atoms with Gasteiger partial charge in [0.15, 0.2) is 0 Å². The van der Waals surface area contributed by atoms with Gasteiger partial charge in [-0.2, -0.15) is 0 Å². The lowest BCUT2D eigenvalue weighted by atomic mass is 10.2. The first-order valence-electron chi connectivity index (χ1n) is 5.36. The Morgan fingerprint density at radius 2 is 2.24 bits per heavy atom. The normalized spacial score (nSPS) is 15.0. The van der Waals surface area contributed by atoms with Gasteiger partial charge in [0.05, 0.1) is 6.54 Å². The number of alkyl halides is 2. The zero-order valence-electron chi connectivity index (χ0n) is 9.03. The third kappa shape index (κ3) is 2.69. The van der Waals surface area contributed by atoms with E-state index in [1.807, 2.05) is 0 Å². The summed E-state index contributed by atoms with van der Waals surface area (Å²) in [6.07, 6.45) is 0.266. The fourth-order valence-corrected chi connectivity index (χ4v) is 1.68. The summed E-state index contributed by atoms with van der Waals surface area (Å²) in [5.41, 5.74) is -0.627. The lowest BCUT2D eigenvalue weighted by Gasteiger charge is -2.21. The van der Waals surface area contributed by atoms with E-state index in [2.05, 4.69) is 4.98 Å². The summed E-state index contributed by atoms with van der Waals surface area (Å²) < 4.78 is 24.7. The Morgan fingerprint density at radius 3 is 2.76 bits per heavy atom. The van der Waals surface area contributed by atoms with Crippen LogP contribution in [0.4, 0.5) is 8.78 Å². The number of hydrogen-bond acceptors (Lipinski definition) is 2. The van der Waals surface area contributed by atoms with E-state index in [1.165, 1.54) is 18.3 Å². The first-order chi connectivity index (χ1) is 8.09. The lowest BCUT2D eigenvalue weighted by molar-refractivity contribution is 0.0532. The van der Waals surface area contributed by atoms with Gasteiger partial charge in [0, 0.05) is 12.2 Å². The Balaban J connectivity index is 2.22. The van der Waals surface area contributed by atoms with Crippen molar-refractivity contribution in [2.24, 2.45) is 0 Å². The van der Waals surface area contributed by atoms with Crippen molar-refractivity contribution in [1.82, 2.24) is 9.88 Å². The number of carbonyl (C=O) groups is 1. The highest BCUT2D eigenvalue weighted by molar-refractivity contribution is 5.94. The van der Waals surface area contributed by atoms with Crippen molar-refractivity contribution in [2.45, 2.75) is 25.3 Å². The maximum Gasteiger partial charge on any atom is 0.260 e. The minimum Gasteiger partial charge on any atom is -0.330 e. The molecule has 17 heavy (non-hydrogen) atoms. The number of amides is 1. The van der Waals surface area contributed by atoms with Crippen molar-refractivity contribution >= 4 is 5.91 Å². The van der Waals surface area contributed by atoms with Crippen LogP contribution in [0.2, 0.25) is 0 Å². The molecule has 6 heteroatoms. The number of hydrogen-bond donors (Lipinski definition) is 1. The molecule has 1 aliphatic rings. The molecule has 1 saturated carbocycles. The van der Waals surface area contributed by atoms with Crippen LogP contribution in [0.1, 0.15) is 23.2 Å². The number of H-pyrrole nitrogens is 1. The van der Waals surface area contributed by atoms with Crippen molar-refractivity contribution in [2.75, 3.05) is 6.54 Å². The van der Waals surface area contributed by atoms with E-state index in [0.717, 1.165) is 17.7 Å². The van der Waals surface area contributed by atoms with Crippen LogP contribution in [0, 0.1) is 0 Å². The molecular formula is C11H12F2N2O2. The van der Waals surface area contributed by atoms with Gasteiger partial charge in [0.2, 0.25) is 0 Å². The fourth-order valence-electron chi connectivity index (χ4n) is 1.68. The number of halogens is 2. The van der Waals surface area contributed by atoms with Crippen LogP contribution in [0.15, 0.2) is 23.1 Å². The van der Waals surface area contributed by atoms with Gasteiger partial charge in [-0.3, -0.25) is 9.59 Å². The highest BCUT2D eigenvalue weighted by Gasteiger charge is 2.35. The molecule has 1 aromatic heterocycles. The standard InChI is InChI=1S/C11H12F2N2O2/c12-9(13)6-15(7-3-4-7)11(17)8-2-1-5-14-10(8)16/h1-2,5,7,9H,3-4,6H2,(H,14,16). The molecule has 92 valence electrons. The minimum absolute atomic E-state index is 0.0833. The van der Waals surface area contributed by atoms with Crippen LogP contribution < -0.4 is 5.56 Å². The molecule has 1 aliphatic carbocycles. The number of aromatic amines is 1. The molecule has 0 saturated heterocycles. The second-order valence-corrected chi connectivity index (χ2v) is 3.99. The SMILES string of the molecule is O=C(c1ccc[nH]c1=O)N(CC(F)F)C1CC1. The van der Waals surface area contributed by atoms with Crippen LogP contribution >= 0.6 is 0 Å². The Bertz CT molecular complexity index is 469. The van der Waals surface area contributed by atoms with Crippen LogP contribution in [0.5, 0.6) is 0 Å². The smallest absolute Gasteiger partial charge is 0.260 e. The molecule has 0 radical (unpaired) electrons. The summed E-state index contributed by atoms with van der Waals surface area (Å²) in [4.78, 5) is 26.8. The van der Waals surface area contributed by atoms with E-state index in [0.29, 0.717) is 0 Å². The average Bonchev–Trinajstić information content (AvgIpc) is 3.09. The largest absolute Gasteiger partial charge is 0.330 e. The molecule has 4 nitrogen and oxygen atoms in total. The maximum absolute atomic E-state index is 12.4. The van der Waals surface area contributed by atoms with E-state index in [9.17, 15) is 18.4 Å². The second-order valence-electron chi connectivity index (χ2n) is 3.99. The van der Waals surface area contributed by atoms with Gasteiger partial charge < -0.3 is 9.88 Å². The highest BCUT2D eigenvalue weighted by atomic mass is 19.3. The van der Waals surface area contributed by atoms with E-state index >= 15 is 0 Å². The molecule has 1 heterocycles. The zero-order chi connectivity index (χ0) is 12.4. The Morgan fingerprint density at radius 1 is 1.53 bits per heavy atom. The number of nitrogens with zero attached hydrogens (tertiary/aromatic N) is 1. The molecule has 0 aromatic carbocycles. The van der Waals surface area contributed by atoms with E-state index in [1.54, 1.807) is 0 Å². The molecule has 0 bridgehead atoms. The number of pyridine rings is 1. The van der Waals surface area contributed by atoms with Crippen LogP contribution in [0.3, 0.4) is 0 Å². The van der Waals surface area contributed by atoms with Gasteiger partial charge in [0.1, 0.15) is 5.56 Å². The number of nitrogens with one attached hydrogen (secondary N) is 1. The van der Waals surface area contributed by atoms with Crippen LogP contribution in [0.25, 0.3) is 0 Å². The predicted molar refractivity (Wildman–Crippen MR) is 57.1 cm³/mol. The highest BCUT2D eigenvalue weighted by Crippen LogP contribution is 2.28. The predicted octanol–water partition coefficient (Wildman–Crippen LogP) is 1.24. The topological polar surface area (TPSA) is 53.2 Å². The molecule has 1 N–H and O–H groups in total. The van der Waals surface area contributed by atoms with E-state index in [4.69, 9.17) is 0 Å². The number of rotatable bonds is 4. The molecule has 0 atom stereocenters. The van der Waals surface area contributed by atoms with Crippen molar-refractivity contribution in [3.8, 4) is 0 Å². The van der Waals surface area contributed by atoms with Crippen molar-refractivity contribution in [3.05, 3.63) is 34.2 Å². The zero-order valence-corrected chi connectivity index (χ0v) is 9.03. The van der Waals surface area contributed by atoms with Gasteiger partial charge in [-0.1, -0.05) is 0 Å². The minimum atomic E-state index is -2.58. The first-order valence-corrected chi connectivity index (χ1v) is 5.36. The second kappa shape index (κ2) is 4.65. The molecule has 1 fully saturated rings. The van der Waals surface area contributed by atoms with Crippen molar-refractivity contribution < 1.29 is 13.6 Å². The van der Waals surface area contributed by atoms with Gasteiger partial charge in [-0.15, -0.1) is 0 Å². The average molecular weight is 242 g/mol. The van der Waals surface area contributed by atoms with Gasteiger partial charge in [-0.05, 0) is 25.0 Å². The molecule has 0 aliphatic heterocycles. The maximum atomic E-state index is 12.4. The molecule has 0 spiro atoms. The summed E-state index contributed by atoms with van der Waals surface area (Å²) in [7, 11) is 0. The van der Waals surface area contributed by atoms with Gasteiger partial charge >= 0.3 is 0 Å². The monoisotopic (exact) mass is 242 g/mol. The van der Waals surface area contributed by atoms with E-state index in [-0.39, 0.29) is 11.6 Å². The fraction of sp³-hybridized carbons (Fsp3) is 0.455. The van der Waals surface area contributed by atoms with Gasteiger partial charge in [0.25, 0.3) is 17.9 Å². The van der Waals surface area contributed by atoms with Gasteiger partial charge in [-0.25, -0.2) is 8.78 Å². The van der Waals surface area contributed by atoms with E-state index < -0.39 is 24.4 Å². The lowest BCUT2D eigenvalue weighted by Crippen LogP contribution is -2.39. The molecule has 1 aromatic rings. The Labute approximate surface area is 96.2 Å². The summed E-state index contributed by atoms with van der Waals surface area (Å²) in [6.45, 7) is -0.613. The summed E-state index contributed by atoms with van der Waals surface area (Å²) in [5, 5.41) is 0. The molecule has 2 rings (SSSR count). The molecule has 0 unspecified atom stereocenters. The molecular weight excluding hydrogens is 230 g/mol. The quantitative estimate of drug-likeness (QED) is 0.863. The van der Waals surface area contributed by atoms with Crippen molar-refractivity contribution in [1.29, 1.82) is 0 Å². The van der Waals surface area contributed by atoms with Crippen molar-refractivity contribution in [3.63, 3.8) is 0 Å². The number of aromatic nitrogens is 1. The third-order valence-corrected chi connectivity index (χ3v) is 2.63. The molecule has 1 amide bonds. The first kappa shape index (κ1) is 11.8. The summed E-state index contributed by atoms with van der Waals surface area (Å²) in [6, 6.07) is 2.71. The van der Waals surface area contributed by atoms with Crippen LogP contribution in [-0.2, 0) is 0 Å². The Kier molecular flexibility index (Phi) is 3.21. The Hall–Kier alpha value is -1.72.